The van der Waals surface area contributed by atoms with Gasteiger partial charge >= 0.3 is 0 Å². The number of piperidine rings is 1. The van der Waals surface area contributed by atoms with E-state index in [0.717, 1.165) is 52.0 Å². The Balaban J connectivity index is 1.70. The van der Waals surface area contributed by atoms with Crippen LogP contribution in [-0.2, 0) is 14.3 Å². The number of hydrogen-bond acceptors (Lipinski definition) is 3. The number of carbonyl (C=O) groups is 1. The van der Waals surface area contributed by atoms with E-state index in [2.05, 4.69) is 0 Å². The van der Waals surface area contributed by atoms with E-state index in [1.807, 2.05) is 11.8 Å². The molecule has 2 aliphatic heterocycles. The Morgan fingerprint density at radius 2 is 2.12 bits per heavy atom. The minimum Gasteiger partial charge on any atom is -0.378 e. The molecule has 0 unspecified atom stereocenters. The molecule has 1 amide bonds. The number of amides is 1. The third-order valence-corrected chi connectivity index (χ3v) is 3.62. The van der Waals surface area contributed by atoms with Crippen LogP contribution in [0.4, 0.5) is 0 Å². The van der Waals surface area contributed by atoms with Crippen molar-refractivity contribution in [1.29, 1.82) is 0 Å². The van der Waals surface area contributed by atoms with Gasteiger partial charge in [0.05, 0.1) is 18.6 Å². The zero-order valence-corrected chi connectivity index (χ0v) is 10.7. The topological polar surface area (TPSA) is 38.8 Å². The largest absolute Gasteiger partial charge is 0.378 e. The van der Waals surface area contributed by atoms with Gasteiger partial charge in [-0.3, -0.25) is 4.79 Å². The molecule has 0 saturated carbocycles. The van der Waals surface area contributed by atoms with Crippen molar-refractivity contribution in [2.45, 2.75) is 51.2 Å². The van der Waals surface area contributed by atoms with Gasteiger partial charge in [0.2, 0.25) is 5.91 Å². The summed E-state index contributed by atoms with van der Waals surface area (Å²) in [5.74, 6) is 0.256. The Hall–Kier alpha value is -0.610. The Bertz CT molecular complexity index is 243. The summed E-state index contributed by atoms with van der Waals surface area (Å²) >= 11 is 0. The van der Waals surface area contributed by atoms with Crippen molar-refractivity contribution in [2.75, 3.05) is 26.3 Å². The highest BCUT2D eigenvalue weighted by molar-refractivity contribution is 5.76. The fourth-order valence-electron chi connectivity index (χ4n) is 2.64. The molecule has 0 aromatic rings. The van der Waals surface area contributed by atoms with Crippen LogP contribution in [0.1, 0.15) is 39.0 Å². The van der Waals surface area contributed by atoms with E-state index in [0.29, 0.717) is 12.5 Å². The van der Waals surface area contributed by atoms with Gasteiger partial charge in [-0.25, -0.2) is 0 Å². The average molecular weight is 241 g/mol. The SMILES string of the molecule is CCOC1CCN(C(=O)C[C@H]2CCCO2)CC1. The summed E-state index contributed by atoms with van der Waals surface area (Å²) in [4.78, 5) is 14.0. The summed E-state index contributed by atoms with van der Waals surface area (Å²) < 4.78 is 11.1. The van der Waals surface area contributed by atoms with Gasteiger partial charge < -0.3 is 14.4 Å². The molecule has 0 aromatic carbocycles. The number of carbonyl (C=O) groups excluding carboxylic acids is 1. The lowest BCUT2D eigenvalue weighted by molar-refractivity contribution is -0.136. The number of ether oxygens (including phenoxy) is 2. The minimum atomic E-state index is 0.173. The van der Waals surface area contributed by atoms with Crippen LogP contribution in [0.25, 0.3) is 0 Å². The van der Waals surface area contributed by atoms with Crippen molar-refractivity contribution < 1.29 is 14.3 Å². The van der Waals surface area contributed by atoms with E-state index in [4.69, 9.17) is 9.47 Å². The van der Waals surface area contributed by atoms with Crippen LogP contribution in [0, 0.1) is 0 Å². The lowest BCUT2D eigenvalue weighted by Crippen LogP contribution is -2.41. The normalized spacial score (nSPS) is 26.4. The molecule has 1 atom stereocenters. The first-order valence-electron chi connectivity index (χ1n) is 6.80. The quantitative estimate of drug-likeness (QED) is 0.750. The van der Waals surface area contributed by atoms with Gasteiger partial charge in [-0.15, -0.1) is 0 Å². The average Bonchev–Trinajstić information content (AvgIpc) is 2.83. The van der Waals surface area contributed by atoms with Crippen LogP contribution < -0.4 is 0 Å². The summed E-state index contributed by atoms with van der Waals surface area (Å²) in [5, 5.41) is 0. The highest BCUT2D eigenvalue weighted by Crippen LogP contribution is 2.19. The predicted molar refractivity (Wildman–Crippen MR) is 64.8 cm³/mol. The highest BCUT2D eigenvalue weighted by atomic mass is 16.5. The number of nitrogens with zero attached hydrogens (tertiary/aromatic N) is 1. The van der Waals surface area contributed by atoms with Crippen LogP contribution in [0.3, 0.4) is 0 Å². The van der Waals surface area contributed by atoms with Crippen LogP contribution in [0.5, 0.6) is 0 Å². The molecular weight excluding hydrogens is 218 g/mol. The van der Waals surface area contributed by atoms with E-state index in [-0.39, 0.29) is 12.0 Å². The molecule has 2 fully saturated rings. The predicted octanol–water partition coefficient (Wildman–Crippen LogP) is 1.58. The van der Waals surface area contributed by atoms with Gasteiger partial charge in [-0.05, 0) is 32.6 Å². The fourth-order valence-corrected chi connectivity index (χ4v) is 2.64. The lowest BCUT2D eigenvalue weighted by atomic mass is 10.1. The smallest absolute Gasteiger partial charge is 0.225 e. The van der Waals surface area contributed by atoms with Crippen molar-refractivity contribution in [3.63, 3.8) is 0 Å². The molecule has 0 spiro atoms. The van der Waals surface area contributed by atoms with Gasteiger partial charge in [0.1, 0.15) is 0 Å². The first kappa shape index (κ1) is 12.8. The van der Waals surface area contributed by atoms with Crippen LogP contribution in [0.2, 0.25) is 0 Å². The molecule has 2 rings (SSSR count). The van der Waals surface area contributed by atoms with E-state index >= 15 is 0 Å². The zero-order valence-electron chi connectivity index (χ0n) is 10.7. The summed E-state index contributed by atoms with van der Waals surface area (Å²) in [6, 6.07) is 0. The Labute approximate surface area is 103 Å². The van der Waals surface area contributed by atoms with Gasteiger partial charge in [-0.1, -0.05) is 0 Å². The second-order valence-electron chi connectivity index (χ2n) is 4.87. The van der Waals surface area contributed by atoms with Gasteiger partial charge in [0.15, 0.2) is 0 Å². The molecule has 0 bridgehead atoms. The number of likely N-dealkylation sites (tertiary alicyclic amines) is 1. The molecule has 0 radical (unpaired) electrons. The second-order valence-corrected chi connectivity index (χ2v) is 4.87. The molecule has 4 heteroatoms. The number of rotatable bonds is 4. The molecule has 0 aliphatic carbocycles. The molecule has 2 saturated heterocycles. The first-order valence-corrected chi connectivity index (χ1v) is 6.80. The van der Waals surface area contributed by atoms with Gasteiger partial charge in [0.25, 0.3) is 0 Å². The number of hydrogen-bond donors (Lipinski definition) is 0. The molecule has 0 N–H and O–H groups in total. The highest BCUT2D eigenvalue weighted by Gasteiger charge is 2.26. The summed E-state index contributed by atoms with van der Waals surface area (Å²) in [5.41, 5.74) is 0. The van der Waals surface area contributed by atoms with E-state index in [1.54, 1.807) is 0 Å². The maximum atomic E-state index is 12.0. The molecule has 2 heterocycles. The van der Waals surface area contributed by atoms with Crippen molar-refractivity contribution in [1.82, 2.24) is 4.90 Å². The molecule has 4 nitrogen and oxygen atoms in total. The summed E-state index contributed by atoms with van der Waals surface area (Å²) in [7, 11) is 0. The van der Waals surface area contributed by atoms with Crippen LogP contribution >= 0.6 is 0 Å². The van der Waals surface area contributed by atoms with Crippen molar-refractivity contribution in [3.05, 3.63) is 0 Å². The van der Waals surface area contributed by atoms with Crippen LogP contribution in [0.15, 0.2) is 0 Å². The summed E-state index contributed by atoms with van der Waals surface area (Å²) in [6.07, 6.45) is 5.19. The third-order valence-electron chi connectivity index (χ3n) is 3.62. The van der Waals surface area contributed by atoms with Crippen molar-refractivity contribution in [2.24, 2.45) is 0 Å². The second kappa shape index (κ2) is 6.36. The van der Waals surface area contributed by atoms with Crippen molar-refractivity contribution >= 4 is 5.91 Å². The van der Waals surface area contributed by atoms with Gasteiger partial charge in [0, 0.05) is 26.3 Å². The first-order chi connectivity index (χ1) is 8.29. The Morgan fingerprint density at radius 3 is 2.71 bits per heavy atom. The van der Waals surface area contributed by atoms with E-state index < -0.39 is 0 Å². The standard InChI is InChI=1S/C13H23NO3/c1-2-16-11-5-7-14(8-6-11)13(15)10-12-4-3-9-17-12/h11-12H,2-10H2,1H3/t12-/m1/s1. The molecule has 0 aromatic heterocycles. The maximum absolute atomic E-state index is 12.0. The molecule has 2 aliphatic rings. The van der Waals surface area contributed by atoms with E-state index in [9.17, 15) is 4.79 Å². The van der Waals surface area contributed by atoms with Crippen LogP contribution in [-0.4, -0.2) is 49.3 Å². The fraction of sp³-hybridized carbons (Fsp3) is 0.923. The summed E-state index contributed by atoms with van der Waals surface area (Å²) in [6.45, 7) is 5.31. The zero-order chi connectivity index (χ0) is 12.1. The molecule has 98 valence electrons. The maximum Gasteiger partial charge on any atom is 0.225 e. The molecule has 17 heavy (non-hydrogen) atoms. The monoisotopic (exact) mass is 241 g/mol. The van der Waals surface area contributed by atoms with Crippen molar-refractivity contribution in [3.8, 4) is 0 Å². The van der Waals surface area contributed by atoms with Gasteiger partial charge in [-0.2, -0.15) is 0 Å². The minimum absolute atomic E-state index is 0.173. The molecular formula is C13H23NO3. The lowest BCUT2D eigenvalue weighted by Gasteiger charge is -2.32. The van der Waals surface area contributed by atoms with E-state index in [1.165, 1.54) is 0 Å². The Kier molecular flexibility index (Phi) is 4.80. The Morgan fingerprint density at radius 1 is 1.35 bits per heavy atom. The third kappa shape index (κ3) is 3.68.